The molecule has 0 amide bonds. The van der Waals surface area contributed by atoms with Gasteiger partial charge in [-0.15, -0.1) is 0 Å². The summed E-state index contributed by atoms with van der Waals surface area (Å²) in [7, 11) is 0. The number of aryl methyl sites for hydroxylation is 1. The molecule has 0 fully saturated rings. The number of ether oxygens (including phenoxy) is 2. The highest BCUT2D eigenvalue weighted by Crippen LogP contribution is 2.35. The largest absolute Gasteiger partial charge is 0.458 e. The van der Waals surface area contributed by atoms with Crippen LogP contribution < -0.4 is 9.47 Å². The number of nitrogens with one attached hydrogen (secondary N) is 1. The Bertz CT molecular complexity index is 1500. The topological polar surface area (TPSA) is 60.3 Å². The van der Waals surface area contributed by atoms with Crippen molar-refractivity contribution in [1.82, 2.24) is 9.97 Å². The van der Waals surface area contributed by atoms with Crippen molar-refractivity contribution in [2.24, 2.45) is 0 Å². The number of aromatic amines is 1. The van der Waals surface area contributed by atoms with Crippen LogP contribution in [0.2, 0.25) is 0 Å². The highest BCUT2D eigenvalue weighted by Gasteiger charge is 2.17. The van der Waals surface area contributed by atoms with Crippen molar-refractivity contribution < 1.29 is 13.9 Å². The van der Waals surface area contributed by atoms with E-state index in [1.165, 1.54) is 0 Å². The number of H-pyrrole nitrogens is 1. The number of aromatic nitrogens is 2. The Hall–Kier alpha value is -5.03. The van der Waals surface area contributed by atoms with E-state index in [4.69, 9.17) is 18.9 Å². The zero-order valence-electron chi connectivity index (χ0n) is 20.2. The van der Waals surface area contributed by atoms with E-state index in [-0.39, 0.29) is 0 Å². The number of rotatable bonds is 7. The Kier molecular flexibility index (Phi) is 6.01. The molecule has 180 valence electrons. The van der Waals surface area contributed by atoms with Crippen molar-refractivity contribution in [1.29, 1.82) is 0 Å². The Morgan fingerprint density at radius 1 is 0.568 bits per heavy atom. The number of para-hydroxylation sites is 2. The number of hydrogen-bond acceptors (Lipinski definition) is 4. The molecule has 0 aliphatic rings. The molecule has 0 aliphatic carbocycles. The normalized spacial score (nSPS) is 10.8. The summed E-state index contributed by atoms with van der Waals surface area (Å²) in [6.45, 7) is 1.92. The molecule has 0 bridgehead atoms. The molecule has 2 aromatic heterocycles. The van der Waals surface area contributed by atoms with Gasteiger partial charge in [0.15, 0.2) is 11.6 Å². The van der Waals surface area contributed by atoms with Crippen LogP contribution >= 0.6 is 0 Å². The van der Waals surface area contributed by atoms with E-state index >= 15 is 0 Å². The molecular weight excluding hydrogens is 460 g/mol. The fraction of sp³-hybridized carbons (Fsp3) is 0.0312. The van der Waals surface area contributed by atoms with Crippen LogP contribution in [0.4, 0.5) is 0 Å². The number of imidazole rings is 1. The zero-order valence-corrected chi connectivity index (χ0v) is 20.2. The van der Waals surface area contributed by atoms with Gasteiger partial charge in [-0.1, -0.05) is 36.4 Å². The van der Waals surface area contributed by atoms with E-state index in [1.807, 2.05) is 128 Å². The molecule has 0 aliphatic heterocycles. The van der Waals surface area contributed by atoms with Crippen molar-refractivity contribution >= 4 is 0 Å². The van der Waals surface area contributed by atoms with Gasteiger partial charge >= 0.3 is 0 Å². The lowest BCUT2D eigenvalue weighted by atomic mass is 10.0. The van der Waals surface area contributed by atoms with Gasteiger partial charge in [0, 0.05) is 11.1 Å². The summed E-state index contributed by atoms with van der Waals surface area (Å²) in [6, 6.07) is 39.2. The number of hydrogen-bond donors (Lipinski definition) is 1. The zero-order chi connectivity index (χ0) is 25.0. The molecule has 5 nitrogen and oxygen atoms in total. The minimum Gasteiger partial charge on any atom is -0.458 e. The lowest BCUT2D eigenvalue weighted by Gasteiger charge is -2.08. The maximum absolute atomic E-state index is 5.97. The lowest BCUT2D eigenvalue weighted by Crippen LogP contribution is -1.87. The maximum Gasteiger partial charge on any atom is 0.174 e. The summed E-state index contributed by atoms with van der Waals surface area (Å²) >= 11 is 0. The minimum atomic E-state index is 0.673. The Morgan fingerprint density at radius 2 is 1.08 bits per heavy atom. The lowest BCUT2D eigenvalue weighted by molar-refractivity contribution is 0.482. The third kappa shape index (κ3) is 5.02. The van der Waals surface area contributed by atoms with E-state index in [0.29, 0.717) is 11.6 Å². The first-order valence-electron chi connectivity index (χ1n) is 12.0. The van der Waals surface area contributed by atoms with Gasteiger partial charge in [-0.25, -0.2) is 4.98 Å². The quantitative estimate of drug-likeness (QED) is 0.246. The molecule has 0 atom stereocenters. The van der Waals surface area contributed by atoms with Crippen molar-refractivity contribution in [3.05, 3.63) is 127 Å². The van der Waals surface area contributed by atoms with E-state index in [1.54, 1.807) is 0 Å². The molecule has 0 spiro atoms. The molecule has 37 heavy (non-hydrogen) atoms. The molecule has 0 unspecified atom stereocenters. The number of furan rings is 1. The van der Waals surface area contributed by atoms with E-state index < -0.39 is 0 Å². The standard InChI is InChI=1S/C32H24N2O3/c1-22-12-21-29(35-22)32-33-30(23-13-17-27(18-14-23)36-25-8-4-2-5-9-25)31(34-32)24-15-19-28(20-16-24)37-26-10-6-3-7-11-26/h2-21H,1H3,(H,33,34). The maximum atomic E-state index is 5.97. The Morgan fingerprint density at radius 3 is 1.59 bits per heavy atom. The third-order valence-corrected chi connectivity index (χ3v) is 5.91. The average Bonchev–Trinajstić information content (AvgIpc) is 3.58. The molecule has 0 saturated carbocycles. The Balaban J connectivity index is 1.33. The van der Waals surface area contributed by atoms with Crippen LogP contribution in [0.15, 0.2) is 126 Å². The van der Waals surface area contributed by atoms with Crippen LogP contribution in [0.1, 0.15) is 5.76 Å². The summed E-state index contributed by atoms with van der Waals surface area (Å²) < 4.78 is 17.8. The first kappa shape index (κ1) is 22.4. The van der Waals surface area contributed by atoms with Crippen LogP contribution in [0.25, 0.3) is 34.1 Å². The van der Waals surface area contributed by atoms with Gasteiger partial charge in [0.2, 0.25) is 0 Å². The molecule has 1 N–H and O–H groups in total. The highest BCUT2D eigenvalue weighted by molar-refractivity contribution is 5.81. The molecule has 6 rings (SSSR count). The molecule has 0 saturated heterocycles. The molecule has 5 heteroatoms. The smallest absolute Gasteiger partial charge is 0.174 e. The fourth-order valence-electron chi connectivity index (χ4n) is 4.09. The molecular formula is C32H24N2O3. The fourth-order valence-corrected chi connectivity index (χ4v) is 4.09. The number of nitrogens with zero attached hydrogens (tertiary/aromatic N) is 1. The monoisotopic (exact) mass is 484 g/mol. The van der Waals surface area contributed by atoms with E-state index in [0.717, 1.165) is 51.3 Å². The number of benzene rings is 4. The second kappa shape index (κ2) is 9.91. The molecule has 2 heterocycles. The SMILES string of the molecule is Cc1ccc(-c2nc(-c3ccc(Oc4ccccc4)cc3)c(-c3ccc(Oc4ccccc4)cc3)[nH]2)o1. The minimum absolute atomic E-state index is 0.673. The molecule has 6 aromatic rings. The summed E-state index contributed by atoms with van der Waals surface area (Å²) in [5.41, 5.74) is 3.67. The predicted octanol–water partition coefficient (Wildman–Crippen LogP) is 8.90. The summed E-state index contributed by atoms with van der Waals surface area (Å²) in [6.07, 6.45) is 0. The van der Waals surface area contributed by atoms with Crippen molar-refractivity contribution in [2.75, 3.05) is 0 Å². The first-order valence-corrected chi connectivity index (χ1v) is 12.0. The van der Waals surface area contributed by atoms with Gasteiger partial charge in [-0.3, -0.25) is 0 Å². The molecule has 4 aromatic carbocycles. The Labute approximate surface area is 215 Å². The van der Waals surface area contributed by atoms with Crippen LogP contribution in [0, 0.1) is 6.92 Å². The predicted molar refractivity (Wildman–Crippen MR) is 145 cm³/mol. The summed E-state index contributed by atoms with van der Waals surface area (Å²) in [5.74, 6) is 5.32. The highest BCUT2D eigenvalue weighted by atomic mass is 16.5. The second-order valence-electron chi connectivity index (χ2n) is 8.60. The van der Waals surface area contributed by atoms with E-state index in [2.05, 4.69) is 4.98 Å². The van der Waals surface area contributed by atoms with Crippen LogP contribution in [0.3, 0.4) is 0 Å². The van der Waals surface area contributed by atoms with Gasteiger partial charge in [-0.2, -0.15) is 0 Å². The summed E-state index contributed by atoms with van der Waals surface area (Å²) in [4.78, 5) is 8.40. The van der Waals surface area contributed by atoms with E-state index in [9.17, 15) is 0 Å². The average molecular weight is 485 g/mol. The van der Waals surface area contributed by atoms with Crippen molar-refractivity contribution in [3.63, 3.8) is 0 Å². The van der Waals surface area contributed by atoms with Gasteiger partial charge < -0.3 is 18.9 Å². The van der Waals surface area contributed by atoms with Crippen LogP contribution in [0.5, 0.6) is 23.0 Å². The molecule has 0 radical (unpaired) electrons. The van der Waals surface area contributed by atoms with Gasteiger partial charge in [0.1, 0.15) is 28.8 Å². The van der Waals surface area contributed by atoms with Gasteiger partial charge in [-0.05, 0) is 91.9 Å². The summed E-state index contributed by atoms with van der Waals surface area (Å²) in [5, 5.41) is 0. The van der Waals surface area contributed by atoms with Gasteiger partial charge in [0.05, 0.1) is 11.4 Å². The first-order chi connectivity index (χ1) is 18.2. The van der Waals surface area contributed by atoms with Crippen LogP contribution in [-0.4, -0.2) is 9.97 Å². The third-order valence-electron chi connectivity index (χ3n) is 5.91. The van der Waals surface area contributed by atoms with Crippen molar-refractivity contribution in [2.45, 2.75) is 6.92 Å². The van der Waals surface area contributed by atoms with Crippen LogP contribution in [-0.2, 0) is 0 Å². The second-order valence-corrected chi connectivity index (χ2v) is 8.60. The van der Waals surface area contributed by atoms with Gasteiger partial charge in [0.25, 0.3) is 0 Å². The van der Waals surface area contributed by atoms with Crippen molar-refractivity contribution in [3.8, 4) is 57.1 Å².